The Kier molecular flexibility index (Phi) is 4.42. The Morgan fingerprint density at radius 1 is 1.19 bits per heavy atom. The number of rotatable bonds is 4. The van der Waals surface area contributed by atoms with Crippen molar-refractivity contribution in [2.24, 2.45) is 0 Å². The van der Waals surface area contributed by atoms with Crippen LogP contribution in [0.4, 0.5) is 0 Å². The predicted molar refractivity (Wildman–Crippen MR) is 87.9 cm³/mol. The van der Waals surface area contributed by atoms with E-state index in [-0.39, 0.29) is 0 Å². The molecule has 1 unspecified atom stereocenters. The summed E-state index contributed by atoms with van der Waals surface area (Å²) in [4.78, 5) is 2.47. The van der Waals surface area contributed by atoms with E-state index in [4.69, 9.17) is 4.74 Å². The molecule has 2 aromatic rings. The van der Waals surface area contributed by atoms with Crippen molar-refractivity contribution in [1.29, 1.82) is 0 Å². The number of likely N-dealkylation sites (N-methyl/N-ethyl adjacent to an activating group) is 1. The molecule has 1 saturated heterocycles. The molecule has 0 spiro atoms. The number of methoxy groups -OCH3 is 1. The highest BCUT2D eigenvalue weighted by Crippen LogP contribution is 2.29. The molecule has 3 rings (SSSR count). The summed E-state index contributed by atoms with van der Waals surface area (Å²) in [7, 11) is 3.97. The molecule has 1 aliphatic heterocycles. The second-order valence-electron chi connectivity index (χ2n) is 5.89. The third-order valence-corrected chi connectivity index (χ3v) is 4.51. The molecule has 21 heavy (non-hydrogen) atoms. The summed E-state index contributed by atoms with van der Waals surface area (Å²) >= 11 is 0. The average molecular weight is 284 g/mol. The Balaban J connectivity index is 1.86. The molecule has 0 aliphatic carbocycles. The van der Waals surface area contributed by atoms with Crippen LogP contribution in [-0.2, 0) is 6.54 Å². The monoisotopic (exact) mass is 284 g/mol. The maximum Gasteiger partial charge on any atom is 0.126 e. The molecular weight excluding hydrogens is 260 g/mol. The molecule has 0 saturated carbocycles. The van der Waals surface area contributed by atoms with E-state index in [9.17, 15) is 0 Å². The van der Waals surface area contributed by atoms with Crippen LogP contribution in [0.25, 0.3) is 10.8 Å². The minimum absolute atomic E-state index is 0.639. The topological polar surface area (TPSA) is 24.5 Å². The van der Waals surface area contributed by atoms with Crippen LogP contribution in [0.5, 0.6) is 5.75 Å². The molecule has 3 nitrogen and oxygen atoms in total. The summed E-state index contributed by atoms with van der Waals surface area (Å²) in [6, 6.07) is 13.4. The first-order valence-corrected chi connectivity index (χ1v) is 7.75. The smallest absolute Gasteiger partial charge is 0.126 e. The number of benzene rings is 2. The zero-order chi connectivity index (χ0) is 14.7. The van der Waals surface area contributed by atoms with Crippen molar-refractivity contribution in [2.45, 2.75) is 25.4 Å². The van der Waals surface area contributed by atoms with E-state index in [1.54, 1.807) is 7.11 Å². The van der Waals surface area contributed by atoms with Gasteiger partial charge in [0.05, 0.1) is 7.11 Å². The summed E-state index contributed by atoms with van der Waals surface area (Å²) in [6.07, 6.45) is 2.57. The largest absolute Gasteiger partial charge is 0.496 e. The SMILES string of the molecule is COc1ccc(CN(C)C2CCCNC2)c2ccccc12. The van der Waals surface area contributed by atoms with Crippen molar-refractivity contribution < 1.29 is 4.74 Å². The Morgan fingerprint density at radius 3 is 2.71 bits per heavy atom. The first kappa shape index (κ1) is 14.4. The number of nitrogens with zero attached hydrogens (tertiary/aromatic N) is 1. The van der Waals surface area contributed by atoms with Crippen molar-refractivity contribution in [2.75, 3.05) is 27.2 Å². The fraction of sp³-hybridized carbons (Fsp3) is 0.444. The number of hydrogen-bond donors (Lipinski definition) is 1. The lowest BCUT2D eigenvalue weighted by Crippen LogP contribution is -2.43. The first-order chi connectivity index (χ1) is 10.3. The van der Waals surface area contributed by atoms with E-state index in [0.29, 0.717) is 6.04 Å². The maximum absolute atomic E-state index is 5.48. The van der Waals surface area contributed by atoms with Crippen molar-refractivity contribution >= 4 is 10.8 Å². The number of nitrogens with one attached hydrogen (secondary N) is 1. The second kappa shape index (κ2) is 6.46. The zero-order valence-corrected chi connectivity index (χ0v) is 12.9. The Labute approximate surface area is 126 Å². The van der Waals surface area contributed by atoms with E-state index in [1.165, 1.54) is 29.2 Å². The maximum atomic E-state index is 5.48. The Bertz CT molecular complexity index is 605. The van der Waals surface area contributed by atoms with E-state index in [0.717, 1.165) is 25.4 Å². The summed E-state index contributed by atoms with van der Waals surface area (Å²) in [5.74, 6) is 0.955. The standard InChI is InChI=1S/C18H24N2O/c1-20(15-6-5-11-19-12-15)13-14-9-10-18(21-2)17-8-4-3-7-16(14)17/h3-4,7-10,15,19H,5-6,11-13H2,1-2H3. The van der Waals surface area contributed by atoms with Crippen molar-refractivity contribution in [3.05, 3.63) is 42.0 Å². The van der Waals surface area contributed by atoms with Gasteiger partial charge in [-0.15, -0.1) is 0 Å². The van der Waals surface area contributed by atoms with Crippen LogP contribution in [0.1, 0.15) is 18.4 Å². The lowest BCUT2D eigenvalue weighted by molar-refractivity contribution is 0.196. The van der Waals surface area contributed by atoms with Gasteiger partial charge in [0.15, 0.2) is 0 Å². The summed E-state index contributed by atoms with van der Waals surface area (Å²) < 4.78 is 5.48. The third-order valence-electron chi connectivity index (χ3n) is 4.51. The Morgan fingerprint density at radius 2 is 2.00 bits per heavy atom. The molecule has 3 heteroatoms. The molecule has 1 aliphatic rings. The number of hydrogen-bond acceptors (Lipinski definition) is 3. The van der Waals surface area contributed by atoms with E-state index < -0.39 is 0 Å². The molecule has 0 aromatic heterocycles. The van der Waals surface area contributed by atoms with E-state index in [1.807, 2.05) is 0 Å². The van der Waals surface area contributed by atoms with Crippen LogP contribution < -0.4 is 10.1 Å². The van der Waals surface area contributed by atoms with Gasteiger partial charge in [0.2, 0.25) is 0 Å². The van der Waals surface area contributed by atoms with E-state index in [2.05, 4.69) is 53.7 Å². The number of fused-ring (bicyclic) bond motifs is 1. The van der Waals surface area contributed by atoms with Crippen LogP contribution in [0, 0.1) is 0 Å². The molecule has 1 fully saturated rings. The van der Waals surface area contributed by atoms with Crippen LogP contribution in [0.3, 0.4) is 0 Å². The van der Waals surface area contributed by atoms with E-state index >= 15 is 0 Å². The van der Waals surface area contributed by atoms with Crippen molar-refractivity contribution in [3.8, 4) is 5.75 Å². The average Bonchev–Trinajstić information content (AvgIpc) is 2.56. The van der Waals surface area contributed by atoms with Crippen LogP contribution in [0.2, 0.25) is 0 Å². The molecule has 1 N–H and O–H groups in total. The van der Waals surface area contributed by atoms with Gasteiger partial charge in [-0.3, -0.25) is 4.90 Å². The lowest BCUT2D eigenvalue weighted by atomic mass is 10.0. The molecule has 112 valence electrons. The van der Waals surface area contributed by atoms with Gasteiger partial charge in [-0.05, 0) is 43.5 Å². The van der Waals surface area contributed by atoms with Gasteiger partial charge in [0.25, 0.3) is 0 Å². The van der Waals surface area contributed by atoms with Gasteiger partial charge in [-0.2, -0.15) is 0 Å². The molecule has 0 bridgehead atoms. The molecule has 0 radical (unpaired) electrons. The van der Waals surface area contributed by atoms with Crippen LogP contribution in [0.15, 0.2) is 36.4 Å². The molecule has 1 heterocycles. The van der Waals surface area contributed by atoms with Crippen LogP contribution >= 0.6 is 0 Å². The number of piperidine rings is 1. The van der Waals surface area contributed by atoms with Gasteiger partial charge < -0.3 is 10.1 Å². The molecule has 1 atom stereocenters. The van der Waals surface area contributed by atoms with Crippen molar-refractivity contribution in [3.63, 3.8) is 0 Å². The number of ether oxygens (including phenoxy) is 1. The molecule has 0 amide bonds. The van der Waals surface area contributed by atoms with Gasteiger partial charge in [-0.1, -0.05) is 30.3 Å². The van der Waals surface area contributed by atoms with Crippen molar-refractivity contribution in [1.82, 2.24) is 10.2 Å². The highest BCUT2D eigenvalue weighted by molar-refractivity contribution is 5.91. The molecular formula is C18H24N2O. The van der Waals surface area contributed by atoms with Crippen LogP contribution in [-0.4, -0.2) is 38.2 Å². The highest BCUT2D eigenvalue weighted by Gasteiger charge is 2.18. The first-order valence-electron chi connectivity index (χ1n) is 7.75. The molecule has 2 aromatic carbocycles. The van der Waals surface area contributed by atoms with Gasteiger partial charge in [-0.25, -0.2) is 0 Å². The minimum atomic E-state index is 0.639. The minimum Gasteiger partial charge on any atom is -0.496 e. The fourth-order valence-corrected chi connectivity index (χ4v) is 3.26. The highest BCUT2D eigenvalue weighted by atomic mass is 16.5. The zero-order valence-electron chi connectivity index (χ0n) is 12.9. The van der Waals surface area contributed by atoms with Gasteiger partial charge in [0, 0.05) is 24.5 Å². The third kappa shape index (κ3) is 3.04. The fourth-order valence-electron chi connectivity index (χ4n) is 3.26. The summed E-state index contributed by atoms with van der Waals surface area (Å²) in [5, 5.41) is 6.00. The normalized spacial score (nSPS) is 19.1. The lowest BCUT2D eigenvalue weighted by Gasteiger charge is -2.32. The quantitative estimate of drug-likeness (QED) is 0.934. The summed E-state index contributed by atoms with van der Waals surface area (Å²) in [5.41, 5.74) is 1.37. The Hall–Kier alpha value is -1.58. The predicted octanol–water partition coefficient (Wildman–Crippen LogP) is 3.03. The second-order valence-corrected chi connectivity index (χ2v) is 5.89. The van der Waals surface area contributed by atoms with Gasteiger partial charge >= 0.3 is 0 Å². The van der Waals surface area contributed by atoms with Gasteiger partial charge in [0.1, 0.15) is 5.75 Å². The summed E-state index contributed by atoms with van der Waals surface area (Å²) in [6.45, 7) is 3.25.